The molecular formula is C26H32ClN3O3. The molecule has 0 radical (unpaired) electrons. The number of carbonyl (C=O) groups is 1. The van der Waals surface area contributed by atoms with E-state index in [4.69, 9.17) is 16.3 Å². The second kappa shape index (κ2) is 10.4. The first-order valence-corrected chi connectivity index (χ1v) is 11.5. The first kappa shape index (κ1) is 24.8. The number of nitrogens with one attached hydrogen (secondary N) is 2. The first-order chi connectivity index (χ1) is 15.6. The van der Waals surface area contributed by atoms with Crippen molar-refractivity contribution in [3.8, 4) is 17.0 Å². The summed E-state index contributed by atoms with van der Waals surface area (Å²) in [7, 11) is 0. The van der Waals surface area contributed by atoms with Crippen molar-refractivity contribution in [3.05, 3.63) is 70.6 Å². The number of H-pyrrole nitrogens is 1. The summed E-state index contributed by atoms with van der Waals surface area (Å²) in [5, 5.41) is 13.1. The molecule has 0 fully saturated rings. The van der Waals surface area contributed by atoms with Crippen molar-refractivity contribution in [2.75, 3.05) is 6.61 Å². The van der Waals surface area contributed by atoms with Crippen LogP contribution in [0.25, 0.3) is 11.3 Å². The van der Waals surface area contributed by atoms with E-state index < -0.39 is 6.04 Å². The lowest BCUT2D eigenvalue weighted by atomic mass is 9.96. The van der Waals surface area contributed by atoms with Crippen LogP contribution in [-0.4, -0.2) is 39.7 Å². The third kappa shape index (κ3) is 6.59. The molecule has 0 bridgehead atoms. The summed E-state index contributed by atoms with van der Waals surface area (Å²) in [5.41, 5.74) is 3.37. The molecule has 33 heavy (non-hydrogen) atoms. The Labute approximate surface area is 200 Å². The molecular weight excluding hydrogens is 438 g/mol. The minimum atomic E-state index is -0.423. The van der Waals surface area contributed by atoms with Crippen molar-refractivity contribution in [1.82, 2.24) is 15.3 Å². The van der Waals surface area contributed by atoms with E-state index in [1.54, 1.807) is 18.2 Å². The Kier molecular flexibility index (Phi) is 7.82. The minimum Gasteiger partial charge on any atom is -0.489 e. The molecule has 3 aromatic rings. The summed E-state index contributed by atoms with van der Waals surface area (Å²) in [4.78, 5) is 20.5. The average Bonchev–Trinajstić information content (AvgIpc) is 3.26. The number of aliphatic hydroxyl groups excluding tert-OH is 1. The number of amides is 1. The number of nitrogens with zero attached hydrogens (tertiary/aromatic N) is 1. The Hall–Kier alpha value is -2.83. The van der Waals surface area contributed by atoms with Crippen molar-refractivity contribution >= 4 is 17.5 Å². The Morgan fingerprint density at radius 3 is 2.42 bits per heavy atom. The molecule has 3 N–H and O–H groups in total. The Bertz CT molecular complexity index is 1080. The van der Waals surface area contributed by atoms with Gasteiger partial charge in [0, 0.05) is 11.0 Å². The van der Waals surface area contributed by atoms with Crippen molar-refractivity contribution < 1.29 is 14.6 Å². The number of aliphatic hydroxyl groups is 1. The van der Waals surface area contributed by atoms with Gasteiger partial charge in [-0.15, -0.1) is 0 Å². The molecule has 1 aromatic heterocycles. The normalized spacial score (nSPS) is 12.6. The van der Waals surface area contributed by atoms with Crippen LogP contribution in [-0.2, 0) is 11.8 Å². The molecule has 0 aliphatic heterocycles. The number of carbonyl (C=O) groups excluding carboxylic acids is 1. The van der Waals surface area contributed by atoms with E-state index in [0.717, 1.165) is 22.6 Å². The lowest BCUT2D eigenvalue weighted by Gasteiger charge is -2.17. The molecule has 0 saturated carbocycles. The lowest BCUT2D eigenvalue weighted by molar-refractivity contribution is 0.0916. The van der Waals surface area contributed by atoms with Gasteiger partial charge in [-0.2, -0.15) is 0 Å². The molecule has 0 aliphatic rings. The molecule has 0 spiro atoms. The number of imidazole rings is 1. The predicted octanol–water partition coefficient (Wildman–Crippen LogP) is 5.15. The number of aromatic nitrogens is 2. The molecule has 0 aliphatic carbocycles. The van der Waals surface area contributed by atoms with Gasteiger partial charge in [-0.25, -0.2) is 4.98 Å². The fourth-order valence-corrected chi connectivity index (χ4v) is 3.60. The molecule has 1 heterocycles. The highest BCUT2D eigenvalue weighted by Crippen LogP contribution is 2.27. The number of hydrogen-bond donors (Lipinski definition) is 3. The Morgan fingerprint density at radius 1 is 1.18 bits per heavy atom. The monoisotopic (exact) mass is 469 g/mol. The highest BCUT2D eigenvalue weighted by molar-refractivity contribution is 6.32. The van der Waals surface area contributed by atoms with Crippen LogP contribution >= 0.6 is 11.6 Å². The highest BCUT2D eigenvalue weighted by Gasteiger charge is 2.18. The Morgan fingerprint density at radius 2 is 1.88 bits per heavy atom. The summed E-state index contributed by atoms with van der Waals surface area (Å²) < 4.78 is 5.61. The molecule has 1 amide bonds. The number of ether oxygens (including phenoxy) is 1. The van der Waals surface area contributed by atoms with Gasteiger partial charge < -0.3 is 20.1 Å². The molecule has 0 saturated heterocycles. The summed E-state index contributed by atoms with van der Waals surface area (Å²) >= 11 is 6.25. The van der Waals surface area contributed by atoms with Crippen LogP contribution in [0, 0.1) is 0 Å². The predicted molar refractivity (Wildman–Crippen MR) is 132 cm³/mol. The van der Waals surface area contributed by atoms with Crippen LogP contribution in [0.5, 0.6) is 5.75 Å². The largest absolute Gasteiger partial charge is 0.489 e. The quantitative estimate of drug-likeness (QED) is 0.426. The molecule has 2 aromatic carbocycles. The van der Waals surface area contributed by atoms with Gasteiger partial charge >= 0.3 is 0 Å². The number of rotatable bonds is 8. The fourth-order valence-electron chi connectivity index (χ4n) is 3.38. The third-order valence-electron chi connectivity index (χ3n) is 5.15. The molecule has 176 valence electrons. The minimum absolute atomic E-state index is 0.0128. The van der Waals surface area contributed by atoms with Crippen LogP contribution in [0.15, 0.2) is 48.7 Å². The maximum Gasteiger partial charge on any atom is 0.251 e. The van der Waals surface area contributed by atoms with Crippen molar-refractivity contribution in [2.24, 2.45) is 0 Å². The molecule has 6 nitrogen and oxygen atoms in total. The maximum absolute atomic E-state index is 12.7. The van der Waals surface area contributed by atoms with Gasteiger partial charge in [-0.1, -0.05) is 56.6 Å². The van der Waals surface area contributed by atoms with E-state index in [0.29, 0.717) is 22.8 Å². The zero-order chi connectivity index (χ0) is 24.2. The van der Waals surface area contributed by atoms with E-state index >= 15 is 0 Å². The van der Waals surface area contributed by atoms with Crippen LogP contribution in [0.3, 0.4) is 0 Å². The smallest absolute Gasteiger partial charge is 0.251 e. The van der Waals surface area contributed by atoms with Crippen LogP contribution in [0.1, 0.15) is 56.4 Å². The molecule has 7 heteroatoms. The van der Waals surface area contributed by atoms with Gasteiger partial charge in [0.2, 0.25) is 0 Å². The molecule has 3 rings (SSSR count). The summed E-state index contributed by atoms with van der Waals surface area (Å²) in [5.74, 6) is 1.18. The average molecular weight is 470 g/mol. The van der Waals surface area contributed by atoms with Crippen LogP contribution < -0.4 is 10.1 Å². The van der Waals surface area contributed by atoms with Crippen LogP contribution in [0.2, 0.25) is 5.02 Å². The molecule has 1 unspecified atom stereocenters. The second-order valence-corrected chi connectivity index (χ2v) is 9.87. The first-order valence-electron chi connectivity index (χ1n) is 11.1. The van der Waals surface area contributed by atoms with Gasteiger partial charge in [0.05, 0.1) is 35.7 Å². The number of aromatic amines is 1. The Balaban J connectivity index is 1.64. The summed E-state index contributed by atoms with van der Waals surface area (Å²) in [6.07, 6.45) is 2.33. The SMILES string of the molecule is CC(C)Oc1ccc(C(=O)NC(CO)Cc2ccc(-c3cnc(C(C)(C)C)[nH]3)cc2)cc1Cl. The van der Waals surface area contributed by atoms with Gasteiger partial charge in [0.25, 0.3) is 5.91 Å². The second-order valence-electron chi connectivity index (χ2n) is 9.46. The van der Waals surface area contributed by atoms with E-state index in [2.05, 4.69) is 36.1 Å². The number of halogens is 1. The van der Waals surface area contributed by atoms with Crippen molar-refractivity contribution in [2.45, 2.75) is 58.6 Å². The number of hydrogen-bond acceptors (Lipinski definition) is 4. The van der Waals surface area contributed by atoms with Crippen LogP contribution in [0.4, 0.5) is 0 Å². The van der Waals surface area contributed by atoms with Gasteiger partial charge in [-0.3, -0.25) is 4.79 Å². The summed E-state index contributed by atoms with van der Waals surface area (Å²) in [6.45, 7) is 9.99. The zero-order valence-electron chi connectivity index (χ0n) is 19.8. The van der Waals surface area contributed by atoms with Crippen molar-refractivity contribution in [3.63, 3.8) is 0 Å². The standard InChI is InChI=1S/C26H32ClN3O3/c1-16(2)33-23-11-10-19(13-21(23)27)24(32)29-20(15-31)12-17-6-8-18(9-7-17)22-14-28-25(30-22)26(3,4)5/h6-11,13-14,16,20,31H,12,15H2,1-5H3,(H,28,30)(H,29,32). The fraction of sp³-hybridized carbons (Fsp3) is 0.385. The molecule has 1 atom stereocenters. The number of benzene rings is 2. The van der Waals surface area contributed by atoms with E-state index in [1.807, 2.05) is 44.3 Å². The maximum atomic E-state index is 12.7. The topological polar surface area (TPSA) is 87.2 Å². The summed E-state index contributed by atoms with van der Waals surface area (Å²) in [6, 6.07) is 12.5. The van der Waals surface area contributed by atoms with E-state index in [-0.39, 0.29) is 24.0 Å². The van der Waals surface area contributed by atoms with Gasteiger partial charge in [0.15, 0.2) is 0 Å². The zero-order valence-corrected chi connectivity index (χ0v) is 20.5. The van der Waals surface area contributed by atoms with Gasteiger partial charge in [0.1, 0.15) is 11.6 Å². The van der Waals surface area contributed by atoms with E-state index in [1.165, 1.54) is 0 Å². The van der Waals surface area contributed by atoms with E-state index in [9.17, 15) is 9.90 Å². The van der Waals surface area contributed by atoms with Crippen molar-refractivity contribution in [1.29, 1.82) is 0 Å². The third-order valence-corrected chi connectivity index (χ3v) is 5.44. The lowest BCUT2D eigenvalue weighted by Crippen LogP contribution is -2.39. The van der Waals surface area contributed by atoms with Gasteiger partial charge in [-0.05, 0) is 49.6 Å². The highest BCUT2D eigenvalue weighted by atomic mass is 35.5.